The maximum atomic E-state index is 5.48. The van der Waals surface area contributed by atoms with Crippen molar-refractivity contribution in [3.63, 3.8) is 0 Å². The van der Waals surface area contributed by atoms with Crippen molar-refractivity contribution in [3.8, 4) is 5.75 Å². The standard InChI is InChI=1S/C13H11N5OS2/c1-19-7-2-3-8-10(4-7)21-13(17-8)18-11-6-15-9(5-16-11)12(14)20/h2-6H,1H3,(H2,14,20)(H,16,17,18). The predicted octanol–water partition coefficient (Wildman–Crippen LogP) is 2.47. The SMILES string of the molecule is COc1ccc2nc(Nc3cnc(C(N)=S)cn3)sc2c1. The molecule has 3 N–H and O–H groups in total. The van der Waals surface area contributed by atoms with Crippen LogP contribution in [-0.4, -0.2) is 27.1 Å². The van der Waals surface area contributed by atoms with Crippen molar-refractivity contribution < 1.29 is 4.74 Å². The van der Waals surface area contributed by atoms with E-state index in [-0.39, 0.29) is 4.99 Å². The first-order chi connectivity index (χ1) is 10.2. The Morgan fingerprint density at radius 2 is 2.19 bits per heavy atom. The molecule has 3 rings (SSSR count). The van der Waals surface area contributed by atoms with Crippen molar-refractivity contribution in [2.75, 3.05) is 12.4 Å². The number of hydrogen-bond donors (Lipinski definition) is 2. The first kappa shape index (κ1) is 13.7. The summed E-state index contributed by atoms with van der Waals surface area (Å²) in [6.45, 7) is 0. The first-order valence-electron chi connectivity index (χ1n) is 5.99. The molecule has 0 atom stereocenters. The number of benzene rings is 1. The van der Waals surface area contributed by atoms with Crippen molar-refractivity contribution in [3.05, 3.63) is 36.3 Å². The van der Waals surface area contributed by atoms with Gasteiger partial charge in [0.2, 0.25) is 0 Å². The van der Waals surface area contributed by atoms with E-state index in [9.17, 15) is 0 Å². The number of aromatic nitrogens is 3. The zero-order valence-electron chi connectivity index (χ0n) is 11.0. The molecule has 0 radical (unpaired) electrons. The number of ether oxygens (including phenoxy) is 1. The van der Waals surface area contributed by atoms with Crippen LogP contribution in [0.5, 0.6) is 5.75 Å². The molecule has 0 aliphatic heterocycles. The Morgan fingerprint density at radius 1 is 1.33 bits per heavy atom. The lowest BCUT2D eigenvalue weighted by atomic mass is 10.3. The Hall–Kier alpha value is -2.32. The minimum absolute atomic E-state index is 0.223. The van der Waals surface area contributed by atoms with E-state index in [0.29, 0.717) is 11.5 Å². The fourth-order valence-corrected chi connectivity index (χ4v) is 2.72. The van der Waals surface area contributed by atoms with Crippen LogP contribution in [0.25, 0.3) is 10.2 Å². The molecule has 0 amide bonds. The molecule has 106 valence electrons. The minimum atomic E-state index is 0.223. The maximum absolute atomic E-state index is 5.48. The molecule has 0 aliphatic carbocycles. The Kier molecular flexibility index (Phi) is 3.63. The van der Waals surface area contributed by atoms with Gasteiger partial charge in [-0.2, -0.15) is 0 Å². The highest BCUT2D eigenvalue weighted by atomic mass is 32.1. The molecule has 0 saturated carbocycles. The molecule has 1 aromatic carbocycles. The summed E-state index contributed by atoms with van der Waals surface area (Å²) in [7, 11) is 1.64. The van der Waals surface area contributed by atoms with Crippen LogP contribution in [0.4, 0.5) is 10.9 Å². The molecule has 6 nitrogen and oxygen atoms in total. The van der Waals surface area contributed by atoms with Gasteiger partial charge in [-0.15, -0.1) is 0 Å². The van der Waals surface area contributed by atoms with Crippen LogP contribution in [-0.2, 0) is 0 Å². The Labute approximate surface area is 130 Å². The van der Waals surface area contributed by atoms with Crippen LogP contribution in [0.1, 0.15) is 5.69 Å². The second kappa shape index (κ2) is 5.58. The first-order valence-corrected chi connectivity index (χ1v) is 7.21. The molecule has 0 aliphatic rings. The van der Waals surface area contributed by atoms with Gasteiger partial charge in [0.25, 0.3) is 0 Å². The lowest BCUT2D eigenvalue weighted by Crippen LogP contribution is -2.12. The van der Waals surface area contributed by atoms with Crippen LogP contribution in [0, 0.1) is 0 Å². The Balaban J connectivity index is 1.85. The highest BCUT2D eigenvalue weighted by Crippen LogP contribution is 2.30. The average Bonchev–Trinajstić information content (AvgIpc) is 2.88. The zero-order chi connectivity index (χ0) is 14.8. The van der Waals surface area contributed by atoms with Gasteiger partial charge in [0.05, 0.1) is 29.7 Å². The van der Waals surface area contributed by atoms with Crippen LogP contribution in [0.2, 0.25) is 0 Å². The fourth-order valence-electron chi connectivity index (χ4n) is 1.71. The van der Waals surface area contributed by atoms with Crippen molar-refractivity contribution in [2.24, 2.45) is 5.73 Å². The van der Waals surface area contributed by atoms with Crippen molar-refractivity contribution in [1.82, 2.24) is 15.0 Å². The van der Waals surface area contributed by atoms with E-state index in [4.69, 9.17) is 22.7 Å². The molecule has 8 heteroatoms. The highest BCUT2D eigenvalue weighted by molar-refractivity contribution is 7.80. The number of rotatable bonds is 4. The topological polar surface area (TPSA) is 86.0 Å². The Bertz CT molecular complexity index is 800. The lowest BCUT2D eigenvalue weighted by molar-refractivity contribution is 0.415. The van der Waals surface area contributed by atoms with E-state index in [1.54, 1.807) is 13.3 Å². The summed E-state index contributed by atoms with van der Waals surface area (Å²) in [4.78, 5) is 13.0. The summed E-state index contributed by atoms with van der Waals surface area (Å²) in [5.74, 6) is 1.39. The van der Waals surface area contributed by atoms with Gasteiger partial charge in [0.15, 0.2) is 10.9 Å². The van der Waals surface area contributed by atoms with Gasteiger partial charge in [0.1, 0.15) is 16.4 Å². The number of thiazole rings is 1. The van der Waals surface area contributed by atoms with Gasteiger partial charge in [-0.3, -0.25) is 0 Å². The van der Waals surface area contributed by atoms with Crippen LogP contribution >= 0.6 is 23.6 Å². The highest BCUT2D eigenvalue weighted by Gasteiger charge is 2.06. The van der Waals surface area contributed by atoms with E-state index in [1.165, 1.54) is 17.5 Å². The molecule has 3 aromatic rings. The number of fused-ring (bicyclic) bond motifs is 1. The van der Waals surface area contributed by atoms with Gasteiger partial charge in [-0.1, -0.05) is 23.6 Å². The average molecular weight is 317 g/mol. The van der Waals surface area contributed by atoms with E-state index in [1.807, 2.05) is 18.2 Å². The second-order valence-corrected chi connectivity index (χ2v) is 5.60. The number of hydrogen-bond acceptors (Lipinski definition) is 7. The molecule has 0 saturated heterocycles. The molecule has 0 bridgehead atoms. The third-order valence-electron chi connectivity index (χ3n) is 2.73. The van der Waals surface area contributed by atoms with Crippen molar-refractivity contribution in [1.29, 1.82) is 0 Å². The Morgan fingerprint density at radius 3 is 2.86 bits per heavy atom. The minimum Gasteiger partial charge on any atom is -0.497 e. The number of thiocarbonyl (C=S) groups is 1. The van der Waals surface area contributed by atoms with Gasteiger partial charge in [0, 0.05) is 0 Å². The summed E-state index contributed by atoms with van der Waals surface area (Å²) in [5.41, 5.74) is 6.87. The zero-order valence-corrected chi connectivity index (χ0v) is 12.7. The molecular formula is C13H11N5OS2. The molecule has 21 heavy (non-hydrogen) atoms. The monoisotopic (exact) mass is 317 g/mol. The molecule has 0 spiro atoms. The van der Waals surface area contributed by atoms with Crippen LogP contribution in [0.15, 0.2) is 30.6 Å². The van der Waals surface area contributed by atoms with Crippen LogP contribution < -0.4 is 15.8 Å². The summed E-state index contributed by atoms with van der Waals surface area (Å²) in [5, 5.41) is 3.84. The molecular weight excluding hydrogens is 306 g/mol. The van der Waals surface area contributed by atoms with Gasteiger partial charge >= 0.3 is 0 Å². The lowest BCUT2D eigenvalue weighted by Gasteiger charge is -2.01. The van der Waals surface area contributed by atoms with Gasteiger partial charge in [-0.25, -0.2) is 15.0 Å². The van der Waals surface area contributed by atoms with E-state index >= 15 is 0 Å². The summed E-state index contributed by atoms with van der Waals surface area (Å²) >= 11 is 6.35. The van der Waals surface area contributed by atoms with Crippen molar-refractivity contribution in [2.45, 2.75) is 0 Å². The predicted molar refractivity (Wildman–Crippen MR) is 87.4 cm³/mol. The summed E-state index contributed by atoms with van der Waals surface area (Å²) in [6.07, 6.45) is 3.10. The quantitative estimate of drug-likeness (QED) is 0.715. The second-order valence-electron chi connectivity index (χ2n) is 4.13. The van der Waals surface area contributed by atoms with E-state index in [0.717, 1.165) is 21.1 Å². The number of anilines is 2. The number of nitrogens with one attached hydrogen (secondary N) is 1. The van der Waals surface area contributed by atoms with Gasteiger partial charge in [-0.05, 0) is 18.2 Å². The number of methoxy groups -OCH3 is 1. The van der Waals surface area contributed by atoms with Gasteiger partial charge < -0.3 is 15.8 Å². The summed E-state index contributed by atoms with van der Waals surface area (Å²) < 4.78 is 6.23. The van der Waals surface area contributed by atoms with Crippen LogP contribution in [0.3, 0.4) is 0 Å². The third-order valence-corrected chi connectivity index (χ3v) is 3.88. The van der Waals surface area contributed by atoms with Crippen molar-refractivity contribution >= 4 is 49.7 Å². The normalized spacial score (nSPS) is 10.5. The molecule has 0 unspecified atom stereocenters. The van der Waals surface area contributed by atoms with E-state index in [2.05, 4.69) is 20.3 Å². The molecule has 2 heterocycles. The molecule has 0 fully saturated rings. The van der Waals surface area contributed by atoms with E-state index < -0.39 is 0 Å². The largest absolute Gasteiger partial charge is 0.497 e. The fraction of sp³-hybridized carbons (Fsp3) is 0.0769. The number of nitrogens with two attached hydrogens (primary N) is 1. The maximum Gasteiger partial charge on any atom is 0.189 e. The third kappa shape index (κ3) is 2.91. The summed E-state index contributed by atoms with van der Waals surface area (Å²) in [6, 6.07) is 5.74. The smallest absolute Gasteiger partial charge is 0.189 e. The molecule has 2 aromatic heterocycles. The number of nitrogens with zero attached hydrogens (tertiary/aromatic N) is 3.